The van der Waals surface area contributed by atoms with Crippen molar-refractivity contribution in [2.45, 2.75) is 26.0 Å². The molecule has 0 aliphatic carbocycles. The van der Waals surface area contributed by atoms with Gasteiger partial charge >= 0.3 is 6.09 Å². The van der Waals surface area contributed by atoms with Crippen LogP contribution in [-0.4, -0.2) is 17.0 Å². The van der Waals surface area contributed by atoms with Gasteiger partial charge in [-0.3, -0.25) is 4.79 Å². The second-order valence-corrected chi connectivity index (χ2v) is 7.27. The first-order valence-electron chi connectivity index (χ1n) is 9.69. The lowest BCUT2D eigenvalue weighted by Gasteiger charge is -2.18. The molecule has 2 N–H and O–H groups in total. The Morgan fingerprint density at radius 3 is 2.35 bits per heavy atom. The molecule has 1 atom stereocenters. The lowest BCUT2D eigenvalue weighted by atomic mass is 9.96. The summed E-state index contributed by atoms with van der Waals surface area (Å²) in [5.74, 6) is -0.857. The highest BCUT2D eigenvalue weighted by Crippen LogP contribution is 2.30. The fourth-order valence-electron chi connectivity index (χ4n) is 3.18. The molecule has 0 saturated heterocycles. The van der Waals surface area contributed by atoms with Crippen LogP contribution in [0.25, 0.3) is 0 Å². The van der Waals surface area contributed by atoms with Gasteiger partial charge in [0.1, 0.15) is 18.2 Å². The van der Waals surface area contributed by atoms with Crippen LogP contribution in [0.4, 0.5) is 9.18 Å². The quantitative estimate of drug-likeness (QED) is 0.420. The summed E-state index contributed by atoms with van der Waals surface area (Å²) < 4.78 is 20.9. The Morgan fingerprint density at radius 2 is 1.74 bits per heavy atom. The van der Waals surface area contributed by atoms with E-state index in [2.05, 4.69) is 5.32 Å². The molecular weight excluding hydrogens is 421 g/mol. The predicted octanol–water partition coefficient (Wildman–Crippen LogP) is 6.01. The van der Waals surface area contributed by atoms with E-state index >= 15 is 4.39 Å². The Hall–Kier alpha value is -3.38. The molecule has 0 aliphatic rings. The van der Waals surface area contributed by atoms with Crippen LogP contribution in [0.1, 0.15) is 46.4 Å². The minimum atomic E-state index is -1.28. The number of rotatable bonds is 8. The zero-order chi connectivity index (χ0) is 22.4. The molecule has 1 amide bonds. The van der Waals surface area contributed by atoms with Crippen molar-refractivity contribution in [3.05, 3.63) is 99.8 Å². The summed E-state index contributed by atoms with van der Waals surface area (Å²) in [5, 5.41) is 11.2. The normalized spacial score (nSPS) is 11.6. The smallest absolute Gasteiger partial charge is 0.405 e. The molecule has 0 unspecified atom stereocenters. The van der Waals surface area contributed by atoms with Crippen molar-refractivity contribution in [2.75, 3.05) is 0 Å². The van der Waals surface area contributed by atoms with E-state index in [1.165, 1.54) is 24.3 Å². The second kappa shape index (κ2) is 10.1. The standard InChI is InChI=1S/C24H21ClFNO4/c1-2-20(27-24(29)30)18-12-13-19(25)21(22(18)26)23(28)16-8-10-17(11-9-16)31-14-15-6-4-3-5-7-15/h3-13,20,27H,2,14H2,1H3,(H,29,30)/t20-/m1/s1. The third-order valence-electron chi connectivity index (χ3n) is 4.79. The monoisotopic (exact) mass is 441 g/mol. The van der Waals surface area contributed by atoms with Gasteiger partial charge in [-0.05, 0) is 42.3 Å². The van der Waals surface area contributed by atoms with Crippen LogP contribution in [0.3, 0.4) is 0 Å². The molecule has 0 bridgehead atoms. The van der Waals surface area contributed by atoms with Gasteiger partial charge in [-0.1, -0.05) is 54.9 Å². The third-order valence-corrected chi connectivity index (χ3v) is 5.11. The summed E-state index contributed by atoms with van der Waals surface area (Å²) in [7, 11) is 0. The lowest BCUT2D eigenvalue weighted by Crippen LogP contribution is -2.27. The molecule has 0 radical (unpaired) electrons. The molecule has 7 heteroatoms. The second-order valence-electron chi connectivity index (χ2n) is 6.86. The largest absolute Gasteiger partial charge is 0.489 e. The van der Waals surface area contributed by atoms with Crippen molar-refractivity contribution in [1.29, 1.82) is 0 Å². The molecule has 0 spiro atoms. The first kappa shape index (κ1) is 22.3. The van der Waals surface area contributed by atoms with Gasteiger partial charge in [0.15, 0.2) is 5.78 Å². The molecule has 0 aliphatic heterocycles. The number of carbonyl (C=O) groups is 2. The van der Waals surface area contributed by atoms with Gasteiger partial charge in [-0.15, -0.1) is 0 Å². The maximum atomic E-state index is 15.2. The number of hydrogen-bond donors (Lipinski definition) is 2. The van der Waals surface area contributed by atoms with Crippen LogP contribution in [0, 0.1) is 5.82 Å². The highest BCUT2D eigenvalue weighted by atomic mass is 35.5. The number of halogens is 2. The Morgan fingerprint density at radius 1 is 1.06 bits per heavy atom. The summed E-state index contributed by atoms with van der Waals surface area (Å²) in [4.78, 5) is 24.0. The molecule has 0 fully saturated rings. The van der Waals surface area contributed by atoms with Gasteiger partial charge in [0.25, 0.3) is 0 Å². The van der Waals surface area contributed by atoms with Crippen molar-refractivity contribution in [1.82, 2.24) is 5.32 Å². The SMILES string of the molecule is CC[C@@H](NC(=O)O)c1ccc(Cl)c(C(=O)c2ccc(OCc3ccccc3)cc2)c1F. The van der Waals surface area contributed by atoms with Crippen LogP contribution in [-0.2, 0) is 6.61 Å². The van der Waals surface area contributed by atoms with E-state index in [0.29, 0.717) is 18.8 Å². The first-order valence-corrected chi connectivity index (χ1v) is 10.1. The molecule has 3 aromatic carbocycles. The van der Waals surface area contributed by atoms with E-state index < -0.39 is 23.7 Å². The molecule has 3 rings (SSSR count). The highest BCUT2D eigenvalue weighted by molar-refractivity contribution is 6.35. The van der Waals surface area contributed by atoms with Gasteiger partial charge in [-0.25, -0.2) is 9.18 Å². The maximum absolute atomic E-state index is 15.2. The molecule has 0 aromatic heterocycles. The van der Waals surface area contributed by atoms with Crippen molar-refractivity contribution in [2.24, 2.45) is 0 Å². The molecule has 3 aromatic rings. The summed E-state index contributed by atoms with van der Waals surface area (Å²) in [6.07, 6.45) is -0.966. The van der Waals surface area contributed by atoms with Gasteiger partial charge in [0, 0.05) is 11.1 Å². The van der Waals surface area contributed by atoms with E-state index in [0.717, 1.165) is 5.56 Å². The van der Waals surface area contributed by atoms with Crippen molar-refractivity contribution in [3.63, 3.8) is 0 Å². The minimum Gasteiger partial charge on any atom is -0.489 e. The third kappa shape index (κ3) is 5.41. The van der Waals surface area contributed by atoms with Crippen molar-refractivity contribution >= 4 is 23.5 Å². The van der Waals surface area contributed by atoms with E-state index in [9.17, 15) is 9.59 Å². The van der Waals surface area contributed by atoms with Crippen LogP contribution in [0.15, 0.2) is 66.7 Å². The number of carbonyl (C=O) groups excluding carboxylic acids is 1. The van der Waals surface area contributed by atoms with E-state index in [1.54, 1.807) is 19.1 Å². The maximum Gasteiger partial charge on any atom is 0.405 e. The summed E-state index contributed by atoms with van der Waals surface area (Å²) in [6, 6.07) is 18.0. The number of hydrogen-bond acceptors (Lipinski definition) is 3. The zero-order valence-corrected chi connectivity index (χ0v) is 17.5. The van der Waals surface area contributed by atoms with Crippen LogP contribution in [0.5, 0.6) is 5.75 Å². The molecule has 0 heterocycles. The minimum absolute atomic E-state index is 0.0409. The number of nitrogens with one attached hydrogen (secondary N) is 1. The van der Waals surface area contributed by atoms with Crippen LogP contribution < -0.4 is 10.1 Å². The van der Waals surface area contributed by atoms with Gasteiger partial charge in [-0.2, -0.15) is 0 Å². The molecular formula is C24H21ClFNO4. The fraction of sp³-hybridized carbons (Fsp3) is 0.167. The number of ketones is 1. The van der Waals surface area contributed by atoms with Crippen LogP contribution in [0.2, 0.25) is 5.02 Å². The Kier molecular flexibility index (Phi) is 7.26. The van der Waals surface area contributed by atoms with E-state index in [-0.39, 0.29) is 21.7 Å². The van der Waals surface area contributed by atoms with E-state index in [4.69, 9.17) is 21.4 Å². The van der Waals surface area contributed by atoms with Gasteiger partial charge in [0.2, 0.25) is 0 Å². The Labute approximate surface area is 184 Å². The molecule has 31 heavy (non-hydrogen) atoms. The Balaban J connectivity index is 1.82. The summed E-state index contributed by atoms with van der Waals surface area (Å²) >= 11 is 6.13. The zero-order valence-electron chi connectivity index (χ0n) is 16.8. The number of ether oxygens (including phenoxy) is 1. The molecule has 5 nitrogen and oxygen atoms in total. The molecule has 160 valence electrons. The average molecular weight is 442 g/mol. The first-order chi connectivity index (χ1) is 14.9. The van der Waals surface area contributed by atoms with E-state index in [1.807, 2.05) is 30.3 Å². The lowest BCUT2D eigenvalue weighted by molar-refractivity contribution is 0.103. The summed E-state index contributed by atoms with van der Waals surface area (Å²) in [6.45, 7) is 2.09. The van der Waals surface area contributed by atoms with Crippen molar-refractivity contribution in [3.8, 4) is 5.75 Å². The topological polar surface area (TPSA) is 75.6 Å². The number of carboxylic acid groups (broad SMARTS) is 1. The highest BCUT2D eigenvalue weighted by Gasteiger charge is 2.24. The Bertz CT molecular complexity index is 1070. The predicted molar refractivity (Wildman–Crippen MR) is 116 cm³/mol. The number of benzene rings is 3. The fourth-order valence-corrected chi connectivity index (χ4v) is 3.41. The summed E-state index contributed by atoms with van der Waals surface area (Å²) in [5.41, 5.74) is 1.03. The van der Waals surface area contributed by atoms with Crippen LogP contribution >= 0.6 is 11.6 Å². The van der Waals surface area contributed by atoms with Gasteiger partial charge in [0.05, 0.1) is 16.6 Å². The molecule has 0 saturated carbocycles. The average Bonchev–Trinajstić information content (AvgIpc) is 2.77. The number of amides is 1. The van der Waals surface area contributed by atoms with Gasteiger partial charge < -0.3 is 15.2 Å². The van der Waals surface area contributed by atoms with Crippen molar-refractivity contribution < 1.29 is 23.8 Å².